The molecule has 1 amide bonds. The van der Waals surface area contributed by atoms with Crippen LogP contribution < -0.4 is 5.32 Å². The first kappa shape index (κ1) is 14.5. The summed E-state index contributed by atoms with van der Waals surface area (Å²) in [6.45, 7) is 2.15. The molecule has 2 aliphatic rings. The Kier molecular flexibility index (Phi) is 3.99. The highest BCUT2D eigenvalue weighted by Crippen LogP contribution is 2.16. The lowest BCUT2D eigenvalue weighted by molar-refractivity contribution is 0.0947. The van der Waals surface area contributed by atoms with E-state index in [1.54, 1.807) is 6.20 Å². The quantitative estimate of drug-likeness (QED) is 0.828. The molecular weight excluding hydrogens is 292 g/mol. The van der Waals surface area contributed by atoms with Gasteiger partial charge in [-0.15, -0.1) is 0 Å². The largest absolute Gasteiger partial charge is 0.350 e. The van der Waals surface area contributed by atoms with Crippen molar-refractivity contribution in [3.05, 3.63) is 17.7 Å². The number of amides is 1. The number of aromatic nitrogens is 2. The molecule has 3 heterocycles. The minimum Gasteiger partial charge on any atom is -0.350 e. The molecule has 0 aliphatic carbocycles. The van der Waals surface area contributed by atoms with Crippen molar-refractivity contribution in [1.82, 2.24) is 19.2 Å². The summed E-state index contributed by atoms with van der Waals surface area (Å²) in [5, 5.41) is 2.69. The third-order valence-corrected chi connectivity index (χ3v) is 5.93. The van der Waals surface area contributed by atoms with Crippen LogP contribution in [0.25, 0.3) is 0 Å². The van der Waals surface area contributed by atoms with Gasteiger partial charge in [-0.05, 0) is 19.3 Å². The van der Waals surface area contributed by atoms with Crippen LogP contribution in [-0.2, 0) is 23.0 Å². The van der Waals surface area contributed by atoms with Gasteiger partial charge in [-0.1, -0.05) is 0 Å². The molecule has 0 atom stereocenters. The fourth-order valence-electron chi connectivity index (χ4n) is 2.92. The second-order valence-corrected chi connectivity index (χ2v) is 7.58. The van der Waals surface area contributed by atoms with E-state index in [4.69, 9.17) is 0 Å². The molecule has 1 aromatic heterocycles. The van der Waals surface area contributed by atoms with Crippen molar-refractivity contribution in [3.63, 3.8) is 0 Å². The third-order valence-electron chi connectivity index (χ3n) is 4.06. The number of carbonyl (C=O) groups is 1. The van der Waals surface area contributed by atoms with Crippen LogP contribution in [0, 0.1) is 0 Å². The average Bonchev–Trinajstić information content (AvgIpc) is 3.15. The van der Waals surface area contributed by atoms with Crippen LogP contribution in [0.2, 0.25) is 0 Å². The Morgan fingerprint density at radius 2 is 2.00 bits per heavy atom. The molecule has 0 radical (unpaired) electrons. The van der Waals surface area contributed by atoms with Crippen molar-refractivity contribution < 1.29 is 13.2 Å². The predicted molar refractivity (Wildman–Crippen MR) is 77.5 cm³/mol. The number of sulfonamides is 1. The van der Waals surface area contributed by atoms with E-state index in [2.05, 4.69) is 10.3 Å². The molecule has 0 saturated carbocycles. The van der Waals surface area contributed by atoms with E-state index in [1.165, 1.54) is 4.31 Å². The minimum absolute atomic E-state index is 0.0419. The molecule has 0 bridgehead atoms. The highest BCUT2D eigenvalue weighted by Gasteiger charge is 2.25. The number of aryl methyl sites for hydroxylation is 1. The number of fused-ring (bicyclic) bond motifs is 1. The maximum absolute atomic E-state index is 12.1. The maximum atomic E-state index is 12.1. The molecule has 1 fully saturated rings. The zero-order valence-electron chi connectivity index (χ0n) is 11.9. The highest BCUT2D eigenvalue weighted by atomic mass is 32.2. The van der Waals surface area contributed by atoms with Crippen molar-refractivity contribution in [1.29, 1.82) is 0 Å². The Bertz CT molecular complexity index is 632. The summed E-state index contributed by atoms with van der Waals surface area (Å²) in [4.78, 5) is 16.3. The van der Waals surface area contributed by atoms with E-state index in [9.17, 15) is 13.2 Å². The summed E-state index contributed by atoms with van der Waals surface area (Å²) in [5.74, 6) is 0.650. The monoisotopic (exact) mass is 312 g/mol. The van der Waals surface area contributed by atoms with Crippen molar-refractivity contribution in [3.8, 4) is 0 Å². The van der Waals surface area contributed by atoms with E-state index in [0.717, 1.165) is 38.1 Å². The lowest BCUT2D eigenvalue weighted by atomic mass is 10.3. The maximum Gasteiger partial charge on any atom is 0.269 e. The fraction of sp³-hybridized carbons (Fsp3) is 0.692. The van der Waals surface area contributed by atoms with Crippen LogP contribution in [0.15, 0.2) is 6.20 Å². The summed E-state index contributed by atoms with van der Waals surface area (Å²) >= 11 is 0. The van der Waals surface area contributed by atoms with Gasteiger partial charge in [0, 0.05) is 32.6 Å². The first-order valence-electron chi connectivity index (χ1n) is 7.38. The number of rotatable bonds is 5. The van der Waals surface area contributed by atoms with Gasteiger partial charge in [-0.3, -0.25) is 4.79 Å². The zero-order valence-corrected chi connectivity index (χ0v) is 12.7. The Hall–Kier alpha value is -1.41. The van der Waals surface area contributed by atoms with Gasteiger partial charge in [0.25, 0.3) is 5.91 Å². The van der Waals surface area contributed by atoms with Crippen molar-refractivity contribution in [2.24, 2.45) is 0 Å². The lowest BCUT2D eigenvalue weighted by Crippen LogP contribution is -2.36. The first-order valence-corrected chi connectivity index (χ1v) is 8.99. The van der Waals surface area contributed by atoms with Gasteiger partial charge in [-0.25, -0.2) is 17.7 Å². The molecule has 0 spiro atoms. The molecule has 7 nitrogen and oxygen atoms in total. The molecule has 1 aromatic rings. The average molecular weight is 312 g/mol. The highest BCUT2D eigenvalue weighted by molar-refractivity contribution is 7.89. The second-order valence-electron chi connectivity index (χ2n) is 5.49. The summed E-state index contributed by atoms with van der Waals surface area (Å²) in [6.07, 6.45) is 5.32. The molecule has 1 saturated heterocycles. The molecule has 3 rings (SSSR count). The van der Waals surface area contributed by atoms with Crippen LogP contribution in [0.4, 0.5) is 0 Å². The van der Waals surface area contributed by atoms with E-state index >= 15 is 0 Å². The topological polar surface area (TPSA) is 84.3 Å². The van der Waals surface area contributed by atoms with Crippen molar-refractivity contribution >= 4 is 15.9 Å². The Morgan fingerprint density at radius 1 is 1.24 bits per heavy atom. The summed E-state index contributed by atoms with van der Waals surface area (Å²) < 4.78 is 27.5. The smallest absolute Gasteiger partial charge is 0.269 e. The number of nitrogens with one attached hydrogen (secondary N) is 1. The van der Waals surface area contributed by atoms with Gasteiger partial charge in [0.2, 0.25) is 10.0 Å². The number of nitrogens with zero attached hydrogens (tertiary/aromatic N) is 3. The third kappa shape index (κ3) is 2.96. The van der Waals surface area contributed by atoms with Gasteiger partial charge in [0.15, 0.2) is 0 Å². The molecule has 8 heteroatoms. The first-order chi connectivity index (χ1) is 10.1. The predicted octanol–water partition coefficient (Wildman–Crippen LogP) is -0.0153. The van der Waals surface area contributed by atoms with Crippen LogP contribution in [-0.4, -0.2) is 53.6 Å². The molecule has 0 aromatic carbocycles. The number of carbonyl (C=O) groups excluding carboxylic acids is 1. The number of hydrogen-bond donors (Lipinski definition) is 1. The normalized spacial score (nSPS) is 18.9. The number of imidazole rings is 1. The summed E-state index contributed by atoms with van der Waals surface area (Å²) in [7, 11) is -3.24. The molecule has 1 N–H and O–H groups in total. The van der Waals surface area contributed by atoms with Crippen LogP contribution in [0.1, 0.15) is 35.6 Å². The fourth-order valence-corrected chi connectivity index (χ4v) is 4.35. The standard InChI is InChI=1S/C13H20N4O3S/c18-13(11-10-15-12-4-3-8-17(11)12)14-5-9-21(19,20)16-6-1-2-7-16/h10H,1-9H2,(H,14,18). The molecule has 116 valence electrons. The Morgan fingerprint density at radius 3 is 2.76 bits per heavy atom. The molecule has 2 aliphatic heterocycles. The Labute approximate surface area is 124 Å². The Balaban J connectivity index is 1.54. The molecule has 21 heavy (non-hydrogen) atoms. The van der Waals surface area contributed by atoms with Gasteiger partial charge in [0.1, 0.15) is 11.5 Å². The minimum atomic E-state index is -3.24. The van der Waals surface area contributed by atoms with Gasteiger partial charge < -0.3 is 9.88 Å². The summed E-state index contributed by atoms with van der Waals surface area (Å²) in [5.41, 5.74) is 0.529. The van der Waals surface area contributed by atoms with E-state index < -0.39 is 10.0 Å². The molecular formula is C13H20N4O3S. The van der Waals surface area contributed by atoms with E-state index in [1.807, 2.05) is 4.57 Å². The van der Waals surface area contributed by atoms with E-state index in [-0.39, 0.29) is 18.2 Å². The summed E-state index contributed by atoms with van der Waals surface area (Å²) in [6, 6.07) is 0. The van der Waals surface area contributed by atoms with Crippen LogP contribution in [0.3, 0.4) is 0 Å². The second kappa shape index (κ2) is 5.76. The lowest BCUT2D eigenvalue weighted by Gasteiger charge is -2.15. The SMILES string of the molecule is O=C(NCCS(=O)(=O)N1CCCC1)c1cnc2n1CCC2. The van der Waals surface area contributed by atoms with Gasteiger partial charge in [-0.2, -0.15) is 0 Å². The van der Waals surface area contributed by atoms with Crippen molar-refractivity contribution in [2.75, 3.05) is 25.4 Å². The van der Waals surface area contributed by atoms with E-state index in [0.29, 0.717) is 18.8 Å². The van der Waals surface area contributed by atoms with Crippen LogP contribution >= 0.6 is 0 Å². The van der Waals surface area contributed by atoms with Gasteiger partial charge in [0.05, 0.1) is 11.9 Å². The van der Waals surface area contributed by atoms with Crippen LogP contribution in [0.5, 0.6) is 0 Å². The molecule has 0 unspecified atom stereocenters. The number of hydrogen-bond acceptors (Lipinski definition) is 4. The zero-order chi connectivity index (χ0) is 14.9. The van der Waals surface area contributed by atoms with Gasteiger partial charge >= 0.3 is 0 Å². The van der Waals surface area contributed by atoms with Crippen molar-refractivity contribution in [2.45, 2.75) is 32.2 Å².